The van der Waals surface area contributed by atoms with Gasteiger partial charge in [-0.15, -0.1) is 6.58 Å². The molecule has 1 aromatic rings. The Labute approximate surface area is 151 Å². The van der Waals surface area contributed by atoms with Gasteiger partial charge in [-0.05, 0) is 44.3 Å². The van der Waals surface area contributed by atoms with Gasteiger partial charge in [0.2, 0.25) is 5.88 Å². The summed E-state index contributed by atoms with van der Waals surface area (Å²) in [6.07, 6.45) is 8.70. The second-order valence-electron chi connectivity index (χ2n) is 7.01. The highest BCUT2D eigenvalue weighted by molar-refractivity contribution is 5.18. The number of allylic oxidation sites excluding steroid dienone is 1. The molecule has 5 heteroatoms. The SMILES string of the molecule is C=CCC[C@H](CN1CCCC1)Oc1ccc(CN2CCOCC2)cn1. The van der Waals surface area contributed by atoms with Crippen LogP contribution < -0.4 is 4.74 Å². The molecule has 0 unspecified atom stereocenters. The first-order valence-corrected chi connectivity index (χ1v) is 9.58. The van der Waals surface area contributed by atoms with Gasteiger partial charge in [-0.2, -0.15) is 0 Å². The van der Waals surface area contributed by atoms with E-state index in [0.29, 0.717) is 0 Å². The molecular weight excluding hydrogens is 314 g/mol. The average molecular weight is 345 g/mol. The lowest BCUT2D eigenvalue weighted by Gasteiger charge is -2.26. The van der Waals surface area contributed by atoms with Gasteiger partial charge in [-0.1, -0.05) is 12.1 Å². The van der Waals surface area contributed by atoms with E-state index in [1.165, 1.54) is 31.5 Å². The average Bonchev–Trinajstić information content (AvgIpc) is 3.15. The molecule has 0 radical (unpaired) electrons. The quantitative estimate of drug-likeness (QED) is 0.644. The van der Waals surface area contributed by atoms with Gasteiger partial charge in [0.05, 0.1) is 13.2 Å². The third kappa shape index (κ3) is 6.10. The lowest BCUT2D eigenvalue weighted by atomic mass is 10.2. The van der Waals surface area contributed by atoms with Crippen molar-refractivity contribution < 1.29 is 9.47 Å². The smallest absolute Gasteiger partial charge is 0.213 e. The number of hydrogen-bond donors (Lipinski definition) is 0. The Morgan fingerprint density at radius 1 is 1.16 bits per heavy atom. The first kappa shape index (κ1) is 18.4. The van der Waals surface area contributed by atoms with Crippen LogP contribution in [0.3, 0.4) is 0 Å². The number of ether oxygens (including phenoxy) is 2. The van der Waals surface area contributed by atoms with Crippen molar-refractivity contribution in [2.24, 2.45) is 0 Å². The molecule has 0 amide bonds. The molecule has 2 aliphatic rings. The summed E-state index contributed by atoms with van der Waals surface area (Å²) < 4.78 is 11.6. The van der Waals surface area contributed by atoms with Crippen molar-refractivity contribution in [3.05, 3.63) is 36.5 Å². The predicted molar refractivity (Wildman–Crippen MR) is 99.9 cm³/mol. The molecule has 0 spiro atoms. The third-order valence-corrected chi connectivity index (χ3v) is 4.95. The summed E-state index contributed by atoms with van der Waals surface area (Å²) in [7, 11) is 0. The standard InChI is InChI=1S/C20H31N3O2/c1-2-3-6-19(17-22-9-4-5-10-22)25-20-8-7-18(15-21-20)16-23-11-13-24-14-12-23/h2,7-8,15,19H,1,3-6,9-14,16-17H2/t19-/m1/s1. The van der Waals surface area contributed by atoms with Crippen LogP contribution in [0.15, 0.2) is 31.0 Å². The lowest BCUT2D eigenvalue weighted by molar-refractivity contribution is 0.0341. The van der Waals surface area contributed by atoms with Crippen LogP contribution in [0.25, 0.3) is 0 Å². The van der Waals surface area contributed by atoms with E-state index in [4.69, 9.17) is 9.47 Å². The Morgan fingerprint density at radius 3 is 2.64 bits per heavy atom. The van der Waals surface area contributed by atoms with Gasteiger partial charge < -0.3 is 9.47 Å². The summed E-state index contributed by atoms with van der Waals surface area (Å²) in [6.45, 7) is 11.8. The van der Waals surface area contributed by atoms with Crippen molar-refractivity contribution in [3.63, 3.8) is 0 Å². The highest BCUT2D eigenvalue weighted by Gasteiger charge is 2.19. The molecule has 25 heavy (non-hydrogen) atoms. The van der Waals surface area contributed by atoms with Crippen LogP contribution in [0.2, 0.25) is 0 Å². The van der Waals surface area contributed by atoms with Gasteiger partial charge in [0.25, 0.3) is 0 Å². The summed E-state index contributed by atoms with van der Waals surface area (Å²) >= 11 is 0. The minimum absolute atomic E-state index is 0.189. The summed E-state index contributed by atoms with van der Waals surface area (Å²) in [5.41, 5.74) is 1.23. The zero-order valence-electron chi connectivity index (χ0n) is 15.2. The van der Waals surface area contributed by atoms with Crippen LogP contribution in [0.5, 0.6) is 5.88 Å². The van der Waals surface area contributed by atoms with E-state index in [-0.39, 0.29) is 6.10 Å². The first-order valence-electron chi connectivity index (χ1n) is 9.58. The minimum Gasteiger partial charge on any atom is -0.473 e. The normalized spacial score (nSPS) is 20.5. The molecule has 2 fully saturated rings. The van der Waals surface area contributed by atoms with Gasteiger partial charge in [0.1, 0.15) is 6.10 Å². The molecule has 3 heterocycles. The Hall–Kier alpha value is -1.43. The van der Waals surface area contributed by atoms with Crippen LogP contribution >= 0.6 is 0 Å². The van der Waals surface area contributed by atoms with E-state index >= 15 is 0 Å². The van der Waals surface area contributed by atoms with Gasteiger partial charge >= 0.3 is 0 Å². The summed E-state index contributed by atoms with van der Waals surface area (Å²) in [4.78, 5) is 9.45. The topological polar surface area (TPSA) is 37.8 Å². The van der Waals surface area contributed by atoms with Crippen LogP contribution in [0.1, 0.15) is 31.2 Å². The fourth-order valence-corrected chi connectivity index (χ4v) is 3.51. The Balaban J connectivity index is 1.52. The van der Waals surface area contributed by atoms with Crippen molar-refractivity contribution >= 4 is 0 Å². The number of aromatic nitrogens is 1. The van der Waals surface area contributed by atoms with Gasteiger partial charge in [0.15, 0.2) is 0 Å². The van der Waals surface area contributed by atoms with Crippen LogP contribution in [-0.4, -0.2) is 66.8 Å². The Bertz CT molecular complexity index is 508. The molecular formula is C20H31N3O2. The van der Waals surface area contributed by atoms with E-state index in [9.17, 15) is 0 Å². The molecule has 1 atom stereocenters. The molecule has 2 saturated heterocycles. The highest BCUT2D eigenvalue weighted by Crippen LogP contribution is 2.17. The first-order chi connectivity index (χ1) is 12.3. The fourth-order valence-electron chi connectivity index (χ4n) is 3.51. The molecule has 0 bridgehead atoms. The van der Waals surface area contributed by atoms with Crippen molar-refractivity contribution in [2.45, 2.75) is 38.3 Å². The maximum absolute atomic E-state index is 6.19. The van der Waals surface area contributed by atoms with Crippen molar-refractivity contribution in [3.8, 4) is 5.88 Å². The van der Waals surface area contributed by atoms with Crippen molar-refractivity contribution in [1.82, 2.24) is 14.8 Å². The Kier molecular flexibility index (Phi) is 7.27. The molecule has 1 aromatic heterocycles. The highest BCUT2D eigenvalue weighted by atomic mass is 16.5. The molecule has 2 aliphatic heterocycles. The maximum Gasteiger partial charge on any atom is 0.213 e. The monoisotopic (exact) mass is 345 g/mol. The lowest BCUT2D eigenvalue weighted by Crippen LogP contribution is -2.35. The summed E-state index contributed by atoms with van der Waals surface area (Å²) in [6, 6.07) is 4.15. The zero-order valence-corrected chi connectivity index (χ0v) is 15.2. The van der Waals surface area contributed by atoms with Gasteiger partial charge in [-0.3, -0.25) is 9.80 Å². The maximum atomic E-state index is 6.19. The fraction of sp³-hybridized carbons (Fsp3) is 0.650. The molecule has 0 N–H and O–H groups in total. The number of likely N-dealkylation sites (tertiary alicyclic amines) is 1. The number of pyridine rings is 1. The van der Waals surface area contributed by atoms with E-state index in [1.807, 2.05) is 18.3 Å². The number of morpholine rings is 1. The number of rotatable bonds is 9. The van der Waals surface area contributed by atoms with Crippen molar-refractivity contribution in [1.29, 1.82) is 0 Å². The van der Waals surface area contributed by atoms with Crippen LogP contribution in [0, 0.1) is 0 Å². The molecule has 0 saturated carbocycles. The largest absolute Gasteiger partial charge is 0.473 e. The van der Waals surface area contributed by atoms with Gasteiger partial charge in [-0.25, -0.2) is 4.98 Å². The van der Waals surface area contributed by atoms with E-state index < -0.39 is 0 Å². The second-order valence-corrected chi connectivity index (χ2v) is 7.01. The second kappa shape index (κ2) is 9.90. The number of hydrogen-bond acceptors (Lipinski definition) is 5. The molecule has 0 aliphatic carbocycles. The van der Waals surface area contributed by atoms with Crippen molar-refractivity contribution in [2.75, 3.05) is 45.9 Å². The van der Waals surface area contributed by atoms with E-state index in [2.05, 4.69) is 27.4 Å². The predicted octanol–water partition coefficient (Wildman–Crippen LogP) is 2.72. The van der Waals surface area contributed by atoms with Crippen LogP contribution in [-0.2, 0) is 11.3 Å². The van der Waals surface area contributed by atoms with E-state index in [1.54, 1.807) is 0 Å². The third-order valence-electron chi connectivity index (χ3n) is 4.95. The van der Waals surface area contributed by atoms with Crippen LogP contribution in [0.4, 0.5) is 0 Å². The summed E-state index contributed by atoms with van der Waals surface area (Å²) in [5, 5.41) is 0. The molecule has 5 nitrogen and oxygen atoms in total. The zero-order chi connectivity index (χ0) is 17.3. The molecule has 3 rings (SSSR count). The minimum atomic E-state index is 0.189. The molecule has 138 valence electrons. The Morgan fingerprint density at radius 2 is 1.96 bits per heavy atom. The molecule has 0 aromatic carbocycles. The number of nitrogens with zero attached hydrogens (tertiary/aromatic N) is 3. The van der Waals surface area contributed by atoms with Gasteiger partial charge in [0, 0.05) is 38.4 Å². The van der Waals surface area contributed by atoms with E-state index in [0.717, 1.165) is 58.1 Å². The summed E-state index contributed by atoms with van der Waals surface area (Å²) in [5.74, 6) is 0.735.